The number of hydrogen-bond donors (Lipinski definition) is 2. The summed E-state index contributed by atoms with van der Waals surface area (Å²) in [6.07, 6.45) is -1.67. The zero-order valence-corrected chi connectivity index (χ0v) is 19.4. The van der Waals surface area contributed by atoms with Crippen LogP contribution in [0.5, 0.6) is 0 Å². The quantitative estimate of drug-likeness (QED) is 0.448. The van der Waals surface area contributed by atoms with Crippen LogP contribution in [0, 0.1) is 11.3 Å². The molecular formula is C26H27F3N6. The first-order valence-corrected chi connectivity index (χ1v) is 11.6. The Morgan fingerprint density at radius 1 is 1.11 bits per heavy atom. The van der Waals surface area contributed by atoms with Crippen LogP contribution < -0.4 is 15.5 Å². The van der Waals surface area contributed by atoms with Crippen molar-refractivity contribution in [2.24, 2.45) is 0 Å². The third kappa shape index (κ3) is 6.28. The molecule has 1 atom stereocenters. The summed E-state index contributed by atoms with van der Waals surface area (Å²) >= 11 is 0. The molecule has 1 aliphatic rings. The number of halogens is 3. The summed E-state index contributed by atoms with van der Waals surface area (Å²) in [7, 11) is 0. The van der Waals surface area contributed by atoms with Crippen molar-refractivity contribution in [1.29, 1.82) is 5.26 Å². The topological polar surface area (TPSA) is 76.9 Å². The lowest BCUT2D eigenvalue weighted by atomic mass is 10.1. The largest absolute Gasteiger partial charge is 0.416 e. The maximum Gasteiger partial charge on any atom is 0.416 e. The Morgan fingerprint density at radius 3 is 2.60 bits per heavy atom. The van der Waals surface area contributed by atoms with Crippen LogP contribution in [0.25, 0.3) is 0 Å². The predicted molar refractivity (Wildman–Crippen MR) is 129 cm³/mol. The van der Waals surface area contributed by atoms with Crippen molar-refractivity contribution >= 4 is 17.5 Å². The van der Waals surface area contributed by atoms with Crippen LogP contribution in [-0.2, 0) is 19.1 Å². The average molecular weight is 481 g/mol. The van der Waals surface area contributed by atoms with E-state index in [0.29, 0.717) is 23.7 Å². The highest BCUT2D eigenvalue weighted by Gasteiger charge is 2.30. The Balaban J connectivity index is 1.42. The summed E-state index contributed by atoms with van der Waals surface area (Å²) in [5, 5.41) is 16.0. The van der Waals surface area contributed by atoms with Gasteiger partial charge in [0.05, 0.1) is 16.8 Å². The third-order valence-corrected chi connectivity index (χ3v) is 5.95. The Hall–Kier alpha value is -3.64. The number of rotatable bonds is 8. The molecule has 2 N–H and O–H groups in total. The van der Waals surface area contributed by atoms with Gasteiger partial charge in [-0.3, -0.25) is 0 Å². The van der Waals surface area contributed by atoms with E-state index in [4.69, 9.17) is 4.98 Å². The minimum atomic E-state index is -4.32. The van der Waals surface area contributed by atoms with Crippen molar-refractivity contribution in [3.05, 3.63) is 77.0 Å². The van der Waals surface area contributed by atoms with Crippen molar-refractivity contribution in [1.82, 2.24) is 15.3 Å². The van der Waals surface area contributed by atoms with Crippen molar-refractivity contribution in [3.8, 4) is 6.07 Å². The maximum atomic E-state index is 12.8. The third-order valence-electron chi connectivity index (χ3n) is 5.95. The van der Waals surface area contributed by atoms with Gasteiger partial charge in [-0.25, -0.2) is 4.98 Å². The highest BCUT2D eigenvalue weighted by Crippen LogP contribution is 2.29. The summed E-state index contributed by atoms with van der Waals surface area (Å²) in [5.74, 6) is 1.27. The van der Waals surface area contributed by atoms with Gasteiger partial charge >= 0.3 is 6.18 Å². The van der Waals surface area contributed by atoms with Gasteiger partial charge in [-0.15, -0.1) is 0 Å². The van der Waals surface area contributed by atoms with Crippen molar-refractivity contribution in [3.63, 3.8) is 0 Å². The smallest absolute Gasteiger partial charge is 0.355 e. The molecule has 2 heterocycles. The van der Waals surface area contributed by atoms with Gasteiger partial charge in [0, 0.05) is 37.4 Å². The molecule has 1 aliphatic heterocycles. The molecule has 1 unspecified atom stereocenters. The fourth-order valence-corrected chi connectivity index (χ4v) is 4.10. The summed E-state index contributed by atoms with van der Waals surface area (Å²) < 4.78 is 38.3. The van der Waals surface area contributed by atoms with Gasteiger partial charge in [0.15, 0.2) is 0 Å². The molecule has 4 rings (SSSR count). The predicted octanol–water partition coefficient (Wildman–Crippen LogP) is 5.43. The number of nitrogens with zero attached hydrogens (tertiary/aromatic N) is 4. The number of alkyl halides is 3. The lowest BCUT2D eigenvalue weighted by molar-refractivity contribution is -0.137. The van der Waals surface area contributed by atoms with Crippen molar-refractivity contribution in [2.45, 2.75) is 44.9 Å². The van der Waals surface area contributed by atoms with E-state index < -0.39 is 11.7 Å². The van der Waals surface area contributed by atoms with Gasteiger partial charge in [0.1, 0.15) is 11.9 Å². The monoisotopic (exact) mass is 480 g/mol. The molecule has 1 fully saturated rings. The zero-order chi connectivity index (χ0) is 24.8. The van der Waals surface area contributed by atoms with E-state index >= 15 is 0 Å². The lowest BCUT2D eigenvalue weighted by Crippen LogP contribution is -2.32. The zero-order valence-electron chi connectivity index (χ0n) is 19.4. The molecule has 2 aromatic carbocycles. The van der Waals surface area contributed by atoms with E-state index in [0.717, 1.165) is 61.6 Å². The van der Waals surface area contributed by atoms with Gasteiger partial charge in [-0.1, -0.05) is 37.6 Å². The Labute approximate surface area is 202 Å². The second kappa shape index (κ2) is 10.7. The lowest BCUT2D eigenvalue weighted by Gasteiger charge is -2.20. The van der Waals surface area contributed by atoms with Crippen LogP contribution >= 0.6 is 0 Å². The first kappa shape index (κ1) is 24.5. The van der Waals surface area contributed by atoms with Gasteiger partial charge in [-0.05, 0) is 42.7 Å². The van der Waals surface area contributed by atoms with Crippen molar-refractivity contribution in [2.75, 3.05) is 23.3 Å². The molecule has 35 heavy (non-hydrogen) atoms. The van der Waals surface area contributed by atoms with Crippen molar-refractivity contribution < 1.29 is 13.2 Å². The molecule has 182 valence electrons. The molecular weight excluding hydrogens is 453 g/mol. The molecule has 1 aromatic heterocycles. The Kier molecular flexibility index (Phi) is 7.51. The van der Waals surface area contributed by atoms with Crippen LogP contribution in [-0.4, -0.2) is 29.1 Å². The molecule has 3 aromatic rings. The summed E-state index contributed by atoms with van der Waals surface area (Å²) in [5.41, 5.74) is 2.28. The van der Waals surface area contributed by atoms with Gasteiger partial charge < -0.3 is 15.5 Å². The van der Waals surface area contributed by atoms with Gasteiger partial charge in [0.2, 0.25) is 5.95 Å². The molecule has 0 radical (unpaired) electrons. The normalized spacial score (nSPS) is 15.7. The first-order chi connectivity index (χ1) is 16.9. The molecule has 0 saturated carbocycles. The van der Waals surface area contributed by atoms with E-state index in [2.05, 4.69) is 33.5 Å². The number of para-hydroxylation sites is 1. The van der Waals surface area contributed by atoms with Crippen LogP contribution in [0.3, 0.4) is 0 Å². The highest BCUT2D eigenvalue weighted by atomic mass is 19.4. The van der Waals surface area contributed by atoms with Crippen LogP contribution in [0.4, 0.5) is 30.6 Å². The maximum absolute atomic E-state index is 12.8. The standard InChI is InChI=1S/C26H27F3N6/c1-2-5-21-14-24(34-25(32-21)33-23-7-4-3-6-19(23)15-30)35-13-12-22(17-35)31-16-18-8-10-20(11-9-18)26(27,28)29/h3-4,6-11,14,22,31H,2,5,12-13,16-17H2,1H3,(H,32,33,34). The molecule has 1 saturated heterocycles. The van der Waals surface area contributed by atoms with E-state index in [1.54, 1.807) is 6.07 Å². The van der Waals surface area contributed by atoms with Crippen LogP contribution in [0.15, 0.2) is 54.6 Å². The van der Waals surface area contributed by atoms with E-state index in [1.165, 1.54) is 12.1 Å². The summed E-state index contributed by atoms with van der Waals surface area (Å²) in [6.45, 7) is 4.13. The Bertz CT molecular complexity index is 1190. The van der Waals surface area contributed by atoms with Crippen LogP contribution in [0.1, 0.15) is 42.1 Å². The number of benzene rings is 2. The van der Waals surface area contributed by atoms with E-state index in [-0.39, 0.29) is 6.04 Å². The van der Waals surface area contributed by atoms with E-state index in [9.17, 15) is 18.4 Å². The molecule has 0 spiro atoms. The second-order valence-corrected chi connectivity index (χ2v) is 8.58. The van der Waals surface area contributed by atoms with Gasteiger partial charge in [-0.2, -0.15) is 23.4 Å². The fraction of sp³-hybridized carbons (Fsp3) is 0.346. The highest BCUT2D eigenvalue weighted by molar-refractivity contribution is 5.63. The molecule has 9 heteroatoms. The number of anilines is 3. The summed E-state index contributed by atoms with van der Waals surface area (Å²) in [4.78, 5) is 11.5. The molecule has 6 nitrogen and oxygen atoms in total. The number of nitriles is 1. The number of hydrogen-bond acceptors (Lipinski definition) is 6. The minimum Gasteiger partial charge on any atom is -0.355 e. The second-order valence-electron chi connectivity index (χ2n) is 8.58. The van der Waals surface area contributed by atoms with Gasteiger partial charge in [0.25, 0.3) is 0 Å². The Morgan fingerprint density at radius 2 is 1.89 bits per heavy atom. The SMILES string of the molecule is CCCc1cc(N2CCC(NCc3ccc(C(F)(F)F)cc3)C2)nc(Nc2ccccc2C#N)n1. The molecule has 0 bridgehead atoms. The number of aryl methyl sites for hydroxylation is 1. The summed E-state index contributed by atoms with van der Waals surface area (Å²) in [6, 6.07) is 16.9. The number of nitrogens with one attached hydrogen (secondary N) is 2. The van der Waals surface area contributed by atoms with E-state index in [1.807, 2.05) is 24.3 Å². The minimum absolute atomic E-state index is 0.192. The van der Waals surface area contributed by atoms with Crippen LogP contribution in [0.2, 0.25) is 0 Å². The average Bonchev–Trinajstić information content (AvgIpc) is 3.32. The molecule has 0 amide bonds. The first-order valence-electron chi connectivity index (χ1n) is 11.6. The fourth-order valence-electron chi connectivity index (χ4n) is 4.10. The number of aromatic nitrogens is 2. The molecule has 0 aliphatic carbocycles.